The summed E-state index contributed by atoms with van der Waals surface area (Å²) in [5.74, 6) is 1.74. The van der Waals surface area contributed by atoms with E-state index in [9.17, 15) is 4.79 Å². The Morgan fingerprint density at radius 3 is 2.69 bits per heavy atom. The fourth-order valence-electron chi connectivity index (χ4n) is 3.86. The van der Waals surface area contributed by atoms with E-state index in [0.717, 1.165) is 47.0 Å². The van der Waals surface area contributed by atoms with E-state index < -0.39 is 0 Å². The lowest BCUT2D eigenvalue weighted by atomic mass is 10.1. The molecule has 0 atom stereocenters. The summed E-state index contributed by atoms with van der Waals surface area (Å²) in [6, 6.07) is 9.47. The number of hydrogen-bond acceptors (Lipinski definition) is 7. The Hall–Kier alpha value is -3.65. The van der Waals surface area contributed by atoms with Gasteiger partial charge in [0.15, 0.2) is 5.78 Å². The summed E-state index contributed by atoms with van der Waals surface area (Å²) in [5, 5.41) is 0.933. The summed E-state index contributed by atoms with van der Waals surface area (Å²) in [7, 11) is 1.97. The van der Waals surface area contributed by atoms with Crippen LogP contribution in [0.2, 0.25) is 0 Å². The molecule has 32 heavy (non-hydrogen) atoms. The van der Waals surface area contributed by atoms with Crippen molar-refractivity contribution >= 4 is 22.5 Å². The van der Waals surface area contributed by atoms with E-state index in [0.29, 0.717) is 24.5 Å². The predicted molar refractivity (Wildman–Crippen MR) is 122 cm³/mol. The lowest BCUT2D eigenvalue weighted by Crippen LogP contribution is -2.36. The first-order valence-electron chi connectivity index (χ1n) is 10.6. The molecule has 0 N–H and O–H groups in total. The van der Waals surface area contributed by atoms with Gasteiger partial charge in [-0.05, 0) is 37.3 Å². The Morgan fingerprint density at radius 2 is 1.91 bits per heavy atom. The molecule has 0 amide bonds. The average Bonchev–Trinajstić information content (AvgIpc) is 3.17. The molecular weight excluding hydrogens is 404 g/mol. The maximum Gasteiger partial charge on any atom is 0.169 e. The fraction of sp³-hybridized carbons (Fsp3) is 0.292. The molecule has 4 aromatic heterocycles. The van der Waals surface area contributed by atoms with Crippen LogP contribution in [-0.4, -0.2) is 56.6 Å². The molecule has 1 aliphatic heterocycles. The first kappa shape index (κ1) is 20.3. The number of rotatable bonds is 5. The predicted octanol–water partition coefficient (Wildman–Crippen LogP) is 3.00. The molecule has 0 aromatic carbocycles. The van der Waals surface area contributed by atoms with Crippen molar-refractivity contribution in [1.29, 1.82) is 0 Å². The van der Waals surface area contributed by atoms with Crippen LogP contribution < -0.4 is 4.90 Å². The van der Waals surface area contributed by atoms with Crippen LogP contribution >= 0.6 is 0 Å². The van der Waals surface area contributed by atoms with Crippen molar-refractivity contribution in [2.45, 2.75) is 13.3 Å². The molecule has 0 bridgehead atoms. The monoisotopic (exact) mass is 428 g/mol. The number of morpholine rings is 1. The van der Waals surface area contributed by atoms with Gasteiger partial charge in [0.25, 0.3) is 0 Å². The maximum atomic E-state index is 13.0. The van der Waals surface area contributed by atoms with Crippen LogP contribution in [0.5, 0.6) is 0 Å². The number of Topliss-reactive ketones (excluding diaryl/α,β-unsaturated/α-hetero) is 1. The van der Waals surface area contributed by atoms with Gasteiger partial charge in [0.05, 0.1) is 48.4 Å². The van der Waals surface area contributed by atoms with Crippen LogP contribution in [0.3, 0.4) is 0 Å². The minimum absolute atomic E-state index is 0.00664. The molecular formula is C24H24N6O2. The van der Waals surface area contributed by atoms with Crippen LogP contribution in [0.25, 0.3) is 22.3 Å². The van der Waals surface area contributed by atoms with Crippen molar-refractivity contribution < 1.29 is 9.53 Å². The molecule has 8 heteroatoms. The summed E-state index contributed by atoms with van der Waals surface area (Å²) in [5.41, 5.74) is 3.93. The quantitative estimate of drug-likeness (QED) is 0.452. The van der Waals surface area contributed by atoms with E-state index in [-0.39, 0.29) is 12.2 Å². The Kier molecular flexibility index (Phi) is 5.36. The van der Waals surface area contributed by atoms with Crippen molar-refractivity contribution in [2.75, 3.05) is 31.2 Å². The number of hydrogen-bond donors (Lipinski definition) is 0. The molecule has 5 rings (SSSR count). The zero-order chi connectivity index (χ0) is 22.1. The van der Waals surface area contributed by atoms with Gasteiger partial charge < -0.3 is 14.2 Å². The molecule has 0 radical (unpaired) electrons. The van der Waals surface area contributed by atoms with Gasteiger partial charge in [-0.25, -0.2) is 15.0 Å². The van der Waals surface area contributed by atoms with Gasteiger partial charge in [-0.15, -0.1) is 0 Å². The van der Waals surface area contributed by atoms with Crippen LogP contribution in [0, 0.1) is 6.92 Å². The minimum Gasteiger partial charge on any atom is -0.378 e. The number of aromatic nitrogens is 5. The lowest BCUT2D eigenvalue weighted by molar-refractivity contribution is 0.0992. The molecule has 162 valence electrons. The Balaban J connectivity index is 1.39. The van der Waals surface area contributed by atoms with Crippen LogP contribution in [0.4, 0.5) is 5.82 Å². The van der Waals surface area contributed by atoms with Crippen molar-refractivity contribution in [3.63, 3.8) is 0 Å². The number of pyridine rings is 3. The van der Waals surface area contributed by atoms with Gasteiger partial charge in [-0.1, -0.05) is 0 Å². The fourth-order valence-corrected chi connectivity index (χ4v) is 3.86. The summed E-state index contributed by atoms with van der Waals surface area (Å²) >= 11 is 0. The highest BCUT2D eigenvalue weighted by atomic mass is 16.5. The number of carbonyl (C=O) groups excluding carboxylic acids is 1. The first-order valence-corrected chi connectivity index (χ1v) is 10.6. The Bertz CT molecular complexity index is 1290. The molecule has 5 heterocycles. The maximum absolute atomic E-state index is 13.0. The SMILES string of the molecule is Cc1ncc(-c2ccc3cnc(CC(=O)c4ccnc(N5CCOCC5)c4)cc3n2)n1C. The first-order chi connectivity index (χ1) is 15.6. The number of anilines is 1. The molecule has 1 saturated heterocycles. The van der Waals surface area contributed by atoms with Crippen molar-refractivity contribution in [3.8, 4) is 11.4 Å². The van der Waals surface area contributed by atoms with Gasteiger partial charge >= 0.3 is 0 Å². The second-order valence-electron chi connectivity index (χ2n) is 7.92. The molecule has 1 aliphatic rings. The number of nitrogens with zero attached hydrogens (tertiary/aromatic N) is 6. The van der Waals surface area contributed by atoms with Crippen molar-refractivity contribution in [3.05, 3.63) is 66.0 Å². The van der Waals surface area contributed by atoms with E-state index in [2.05, 4.69) is 19.9 Å². The highest BCUT2D eigenvalue weighted by molar-refractivity contribution is 5.98. The smallest absolute Gasteiger partial charge is 0.169 e. The number of carbonyl (C=O) groups is 1. The lowest BCUT2D eigenvalue weighted by Gasteiger charge is -2.27. The van der Waals surface area contributed by atoms with Crippen LogP contribution in [0.15, 0.2) is 48.9 Å². The number of ketones is 1. The summed E-state index contributed by atoms with van der Waals surface area (Å²) in [6.45, 7) is 4.87. The van der Waals surface area contributed by atoms with Gasteiger partial charge in [0.1, 0.15) is 11.6 Å². The second-order valence-corrected chi connectivity index (χ2v) is 7.92. The third-order valence-corrected chi connectivity index (χ3v) is 5.86. The number of imidazole rings is 1. The molecule has 0 saturated carbocycles. The third kappa shape index (κ3) is 3.97. The topological polar surface area (TPSA) is 86.0 Å². The number of aryl methyl sites for hydroxylation is 1. The van der Waals surface area contributed by atoms with Gasteiger partial charge in [0, 0.05) is 43.5 Å². The van der Waals surface area contributed by atoms with E-state index in [1.807, 2.05) is 49.0 Å². The van der Waals surface area contributed by atoms with E-state index in [1.54, 1.807) is 18.5 Å². The van der Waals surface area contributed by atoms with Gasteiger partial charge in [-0.2, -0.15) is 0 Å². The molecule has 0 unspecified atom stereocenters. The van der Waals surface area contributed by atoms with Crippen LogP contribution in [-0.2, 0) is 18.2 Å². The highest BCUT2D eigenvalue weighted by Crippen LogP contribution is 2.22. The van der Waals surface area contributed by atoms with Crippen molar-refractivity contribution in [2.24, 2.45) is 7.05 Å². The average molecular weight is 428 g/mol. The summed E-state index contributed by atoms with van der Waals surface area (Å²) < 4.78 is 7.41. The van der Waals surface area contributed by atoms with E-state index in [1.165, 1.54) is 0 Å². The Labute approximate surface area is 185 Å². The van der Waals surface area contributed by atoms with Gasteiger partial charge in [-0.3, -0.25) is 9.78 Å². The highest BCUT2D eigenvalue weighted by Gasteiger charge is 2.16. The molecule has 1 fully saturated rings. The van der Waals surface area contributed by atoms with Gasteiger partial charge in [0.2, 0.25) is 0 Å². The molecule has 0 spiro atoms. The largest absolute Gasteiger partial charge is 0.378 e. The van der Waals surface area contributed by atoms with Crippen molar-refractivity contribution in [1.82, 2.24) is 24.5 Å². The van der Waals surface area contributed by atoms with E-state index in [4.69, 9.17) is 9.72 Å². The zero-order valence-electron chi connectivity index (χ0n) is 18.2. The second kappa shape index (κ2) is 8.47. The Morgan fingerprint density at radius 1 is 1.06 bits per heavy atom. The minimum atomic E-state index is 0.00664. The normalized spacial score (nSPS) is 14.1. The standard InChI is InChI=1S/C24H24N6O2/c1-16-26-15-22(29(16)2)20-4-3-18-14-27-19(12-21(18)28-20)13-23(31)17-5-6-25-24(11-17)30-7-9-32-10-8-30/h3-6,11-12,14-15H,7-10,13H2,1-2H3. The molecule has 4 aromatic rings. The molecule has 0 aliphatic carbocycles. The van der Waals surface area contributed by atoms with Crippen LogP contribution in [0.1, 0.15) is 21.9 Å². The summed E-state index contributed by atoms with van der Waals surface area (Å²) in [6.07, 6.45) is 5.49. The van der Waals surface area contributed by atoms with E-state index >= 15 is 0 Å². The summed E-state index contributed by atoms with van der Waals surface area (Å²) in [4.78, 5) is 33.2. The number of fused-ring (bicyclic) bond motifs is 1. The third-order valence-electron chi connectivity index (χ3n) is 5.86. The number of ether oxygens (including phenoxy) is 1. The zero-order valence-corrected chi connectivity index (χ0v) is 18.2. The molecule has 8 nitrogen and oxygen atoms in total.